The van der Waals surface area contributed by atoms with Crippen molar-refractivity contribution in [3.05, 3.63) is 27.7 Å². The first-order chi connectivity index (χ1) is 8.22. The first kappa shape index (κ1) is 12.9. The van der Waals surface area contributed by atoms with Gasteiger partial charge in [-0.25, -0.2) is 0 Å². The van der Waals surface area contributed by atoms with Crippen LogP contribution in [0, 0.1) is 6.92 Å². The van der Waals surface area contributed by atoms with E-state index in [1.54, 1.807) is 7.11 Å². The second kappa shape index (κ2) is 5.85. The van der Waals surface area contributed by atoms with E-state index in [9.17, 15) is 0 Å². The fraction of sp³-hybridized carbons (Fsp3) is 0.538. The van der Waals surface area contributed by atoms with Gasteiger partial charge in [0.05, 0.1) is 11.6 Å². The maximum Gasteiger partial charge on any atom is 0.137 e. The minimum Gasteiger partial charge on any atom is -0.495 e. The minimum absolute atomic E-state index is 0.962. The molecule has 94 valence electrons. The second-order valence-corrected chi connectivity index (χ2v) is 5.21. The molecule has 2 rings (SSSR count). The lowest BCUT2D eigenvalue weighted by Crippen LogP contribution is -2.42. The van der Waals surface area contributed by atoms with Gasteiger partial charge in [0.2, 0.25) is 0 Å². The summed E-state index contributed by atoms with van der Waals surface area (Å²) in [5.74, 6) is 0.975. The molecule has 0 amide bonds. The molecule has 1 N–H and O–H groups in total. The van der Waals surface area contributed by atoms with Crippen molar-refractivity contribution < 1.29 is 4.74 Å². The van der Waals surface area contributed by atoms with E-state index in [1.807, 2.05) is 0 Å². The van der Waals surface area contributed by atoms with Crippen LogP contribution in [0.5, 0.6) is 5.75 Å². The number of ether oxygens (including phenoxy) is 1. The predicted octanol–water partition coefficient (Wildman–Crippen LogP) is 2.17. The molecule has 1 aliphatic rings. The summed E-state index contributed by atoms with van der Waals surface area (Å²) in [6.45, 7) is 7.42. The molecule has 4 heteroatoms. The van der Waals surface area contributed by atoms with Gasteiger partial charge in [0.15, 0.2) is 0 Å². The topological polar surface area (TPSA) is 24.5 Å². The number of hydrogen-bond donors (Lipinski definition) is 1. The van der Waals surface area contributed by atoms with Crippen LogP contribution >= 0.6 is 15.9 Å². The van der Waals surface area contributed by atoms with E-state index < -0.39 is 0 Å². The maximum absolute atomic E-state index is 5.51. The second-order valence-electron chi connectivity index (χ2n) is 4.41. The average Bonchev–Trinajstić information content (AvgIpc) is 2.36. The molecular formula is C13H19BrN2O. The molecule has 1 aromatic rings. The lowest BCUT2D eigenvalue weighted by molar-refractivity contribution is 0.230. The fourth-order valence-electron chi connectivity index (χ4n) is 2.15. The molecule has 17 heavy (non-hydrogen) atoms. The molecule has 1 aromatic carbocycles. The van der Waals surface area contributed by atoms with Gasteiger partial charge in [-0.15, -0.1) is 0 Å². The Morgan fingerprint density at radius 1 is 1.35 bits per heavy atom. The van der Waals surface area contributed by atoms with E-state index in [1.165, 1.54) is 11.1 Å². The van der Waals surface area contributed by atoms with Crippen LogP contribution in [0.2, 0.25) is 0 Å². The Hall–Kier alpha value is -0.580. The standard InChI is InChI=1S/C13H19BrN2O/c1-10-3-4-11(13(17-2)12(10)14)9-16-7-5-15-6-8-16/h3-4,15H,5-9H2,1-2H3. The summed E-state index contributed by atoms with van der Waals surface area (Å²) < 4.78 is 6.59. The van der Waals surface area contributed by atoms with Gasteiger partial charge in [0.25, 0.3) is 0 Å². The van der Waals surface area contributed by atoms with Gasteiger partial charge in [0, 0.05) is 38.3 Å². The summed E-state index contributed by atoms with van der Waals surface area (Å²) in [6, 6.07) is 4.31. The van der Waals surface area contributed by atoms with Crippen LogP contribution < -0.4 is 10.1 Å². The molecule has 0 aromatic heterocycles. The van der Waals surface area contributed by atoms with E-state index in [2.05, 4.69) is 45.2 Å². The molecule has 0 saturated carbocycles. The summed E-state index contributed by atoms with van der Waals surface area (Å²) >= 11 is 3.60. The molecule has 0 unspecified atom stereocenters. The highest BCUT2D eigenvalue weighted by Gasteiger charge is 2.15. The molecule has 3 nitrogen and oxygen atoms in total. The Balaban J connectivity index is 2.17. The zero-order chi connectivity index (χ0) is 12.3. The van der Waals surface area contributed by atoms with E-state index in [0.717, 1.165) is 42.9 Å². The van der Waals surface area contributed by atoms with Crippen molar-refractivity contribution in [3.8, 4) is 5.75 Å². The lowest BCUT2D eigenvalue weighted by Gasteiger charge is -2.28. The van der Waals surface area contributed by atoms with Crippen LogP contribution in [0.1, 0.15) is 11.1 Å². The number of methoxy groups -OCH3 is 1. The van der Waals surface area contributed by atoms with Gasteiger partial charge in [-0.1, -0.05) is 12.1 Å². The van der Waals surface area contributed by atoms with Crippen molar-refractivity contribution in [1.29, 1.82) is 0 Å². The summed E-state index contributed by atoms with van der Waals surface area (Å²) in [4.78, 5) is 2.45. The highest BCUT2D eigenvalue weighted by molar-refractivity contribution is 9.10. The Bertz CT molecular complexity index is 389. The number of piperazine rings is 1. The van der Waals surface area contributed by atoms with Gasteiger partial charge in [-0.2, -0.15) is 0 Å². The molecule has 0 radical (unpaired) electrons. The molecule has 0 atom stereocenters. The van der Waals surface area contributed by atoms with E-state index >= 15 is 0 Å². The highest BCUT2D eigenvalue weighted by atomic mass is 79.9. The number of hydrogen-bond acceptors (Lipinski definition) is 3. The van der Waals surface area contributed by atoms with E-state index in [-0.39, 0.29) is 0 Å². The molecule has 0 bridgehead atoms. The van der Waals surface area contributed by atoms with Gasteiger partial charge in [-0.3, -0.25) is 4.90 Å². The Kier molecular flexibility index (Phi) is 4.42. The summed E-state index contributed by atoms with van der Waals surface area (Å²) in [5, 5.41) is 3.37. The molecule has 1 fully saturated rings. The van der Waals surface area contributed by atoms with Crippen molar-refractivity contribution in [2.24, 2.45) is 0 Å². The average molecular weight is 299 g/mol. The van der Waals surface area contributed by atoms with Crippen LogP contribution in [-0.4, -0.2) is 38.2 Å². The molecular weight excluding hydrogens is 280 g/mol. The number of rotatable bonds is 3. The van der Waals surface area contributed by atoms with Gasteiger partial charge < -0.3 is 10.1 Å². The molecule has 1 saturated heterocycles. The van der Waals surface area contributed by atoms with Gasteiger partial charge in [-0.05, 0) is 28.4 Å². The monoisotopic (exact) mass is 298 g/mol. The predicted molar refractivity (Wildman–Crippen MR) is 73.6 cm³/mol. The third-order valence-electron chi connectivity index (χ3n) is 3.18. The van der Waals surface area contributed by atoms with Gasteiger partial charge >= 0.3 is 0 Å². The van der Waals surface area contributed by atoms with E-state index in [0.29, 0.717) is 0 Å². The van der Waals surface area contributed by atoms with Crippen molar-refractivity contribution in [2.75, 3.05) is 33.3 Å². The summed E-state index contributed by atoms with van der Waals surface area (Å²) in [6.07, 6.45) is 0. The van der Waals surface area contributed by atoms with Crippen LogP contribution in [-0.2, 0) is 6.54 Å². The SMILES string of the molecule is COc1c(CN2CCNCC2)ccc(C)c1Br. The van der Waals surface area contributed by atoms with Crippen LogP contribution in [0.4, 0.5) is 0 Å². The lowest BCUT2D eigenvalue weighted by atomic mass is 10.1. The zero-order valence-electron chi connectivity index (χ0n) is 10.4. The number of benzene rings is 1. The van der Waals surface area contributed by atoms with Crippen molar-refractivity contribution in [3.63, 3.8) is 0 Å². The van der Waals surface area contributed by atoms with Crippen molar-refractivity contribution in [1.82, 2.24) is 10.2 Å². The fourth-order valence-corrected chi connectivity index (χ4v) is 2.70. The number of aryl methyl sites for hydroxylation is 1. The third-order valence-corrected chi connectivity index (χ3v) is 4.16. The number of nitrogens with one attached hydrogen (secondary N) is 1. The number of halogens is 1. The first-order valence-corrected chi connectivity index (χ1v) is 6.76. The van der Waals surface area contributed by atoms with Crippen molar-refractivity contribution >= 4 is 15.9 Å². The molecule has 1 heterocycles. The number of nitrogens with zero attached hydrogens (tertiary/aromatic N) is 1. The summed E-state index contributed by atoms with van der Waals surface area (Å²) in [7, 11) is 1.74. The Labute approximate surface area is 111 Å². The first-order valence-electron chi connectivity index (χ1n) is 5.97. The third kappa shape index (κ3) is 3.00. The highest BCUT2D eigenvalue weighted by Crippen LogP contribution is 2.32. The van der Waals surface area contributed by atoms with E-state index in [4.69, 9.17) is 4.74 Å². The largest absolute Gasteiger partial charge is 0.495 e. The quantitative estimate of drug-likeness (QED) is 0.926. The molecule has 0 aliphatic carbocycles. The van der Waals surface area contributed by atoms with Crippen LogP contribution in [0.25, 0.3) is 0 Å². The van der Waals surface area contributed by atoms with Crippen LogP contribution in [0.15, 0.2) is 16.6 Å². The Morgan fingerprint density at radius 3 is 2.71 bits per heavy atom. The molecule has 1 aliphatic heterocycles. The maximum atomic E-state index is 5.51. The van der Waals surface area contributed by atoms with Crippen molar-refractivity contribution in [2.45, 2.75) is 13.5 Å². The smallest absolute Gasteiger partial charge is 0.137 e. The molecule has 0 spiro atoms. The summed E-state index contributed by atoms with van der Waals surface area (Å²) in [5.41, 5.74) is 2.47. The van der Waals surface area contributed by atoms with Crippen LogP contribution in [0.3, 0.4) is 0 Å². The Morgan fingerprint density at radius 2 is 2.06 bits per heavy atom. The minimum atomic E-state index is 0.962. The normalized spacial score (nSPS) is 17.1. The zero-order valence-corrected chi connectivity index (χ0v) is 12.0. The van der Waals surface area contributed by atoms with Gasteiger partial charge in [0.1, 0.15) is 5.75 Å².